The highest BCUT2D eigenvalue weighted by atomic mass is 19.4. The number of fused-ring (bicyclic) bond motifs is 1. The predicted octanol–water partition coefficient (Wildman–Crippen LogP) is 1.99. The van der Waals surface area contributed by atoms with Crippen molar-refractivity contribution in [3.05, 3.63) is 36.3 Å². The lowest BCUT2D eigenvalue weighted by atomic mass is 10.3. The molecular formula is C14H18F3N5. The molecule has 0 aromatic carbocycles. The minimum absolute atomic E-state index is 0.197. The Bertz CT molecular complexity index is 600. The number of imidazole rings is 1. The van der Waals surface area contributed by atoms with E-state index in [9.17, 15) is 13.2 Å². The zero-order chi connectivity index (χ0) is 16.0. The summed E-state index contributed by atoms with van der Waals surface area (Å²) in [4.78, 5) is 8.33. The third-order valence-electron chi connectivity index (χ3n) is 3.01. The molecule has 0 fully saturated rings. The Hall–Kier alpha value is -2.25. The van der Waals surface area contributed by atoms with Crippen LogP contribution in [-0.2, 0) is 6.42 Å². The van der Waals surface area contributed by atoms with Crippen LogP contribution in [0.3, 0.4) is 0 Å². The van der Waals surface area contributed by atoms with Crippen molar-refractivity contribution in [2.24, 2.45) is 4.99 Å². The fourth-order valence-corrected chi connectivity index (χ4v) is 1.96. The van der Waals surface area contributed by atoms with Crippen molar-refractivity contribution in [1.82, 2.24) is 20.0 Å². The molecule has 0 bridgehead atoms. The number of hydrogen-bond donors (Lipinski definition) is 2. The average Bonchev–Trinajstić information content (AvgIpc) is 2.87. The quantitative estimate of drug-likeness (QED) is 0.656. The molecular weight excluding hydrogens is 295 g/mol. The van der Waals surface area contributed by atoms with Gasteiger partial charge in [-0.3, -0.25) is 4.99 Å². The van der Waals surface area contributed by atoms with Gasteiger partial charge in [0.15, 0.2) is 5.96 Å². The van der Waals surface area contributed by atoms with Crippen LogP contribution in [0.2, 0.25) is 0 Å². The van der Waals surface area contributed by atoms with Gasteiger partial charge in [0.2, 0.25) is 0 Å². The Morgan fingerprint density at radius 1 is 1.27 bits per heavy atom. The van der Waals surface area contributed by atoms with Crippen LogP contribution in [0.15, 0.2) is 35.6 Å². The average molecular weight is 313 g/mol. The molecule has 0 aliphatic carbocycles. The summed E-state index contributed by atoms with van der Waals surface area (Å²) in [6, 6.07) is 5.74. The third kappa shape index (κ3) is 4.94. The summed E-state index contributed by atoms with van der Waals surface area (Å²) in [5.41, 5.74) is 1.77. The number of nitrogens with one attached hydrogen (secondary N) is 2. The fourth-order valence-electron chi connectivity index (χ4n) is 1.96. The summed E-state index contributed by atoms with van der Waals surface area (Å²) >= 11 is 0. The monoisotopic (exact) mass is 313 g/mol. The molecule has 0 unspecified atom stereocenters. The normalized spacial score (nSPS) is 12.6. The van der Waals surface area contributed by atoms with Gasteiger partial charge in [0, 0.05) is 39.0 Å². The molecule has 2 aromatic heterocycles. The van der Waals surface area contributed by atoms with Gasteiger partial charge in [-0.1, -0.05) is 6.07 Å². The van der Waals surface area contributed by atoms with Crippen molar-refractivity contribution in [1.29, 1.82) is 0 Å². The van der Waals surface area contributed by atoms with Crippen molar-refractivity contribution in [2.75, 3.05) is 20.1 Å². The zero-order valence-electron chi connectivity index (χ0n) is 12.2. The molecule has 120 valence electrons. The molecule has 2 aromatic rings. The molecule has 0 amide bonds. The van der Waals surface area contributed by atoms with Crippen molar-refractivity contribution >= 4 is 11.6 Å². The summed E-state index contributed by atoms with van der Waals surface area (Å²) in [6.07, 6.45) is -0.558. The van der Waals surface area contributed by atoms with E-state index in [1.54, 1.807) is 0 Å². The number of hydrogen-bond acceptors (Lipinski definition) is 2. The lowest BCUT2D eigenvalue weighted by Gasteiger charge is -2.12. The van der Waals surface area contributed by atoms with Gasteiger partial charge < -0.3 is 15.0 Å². The first-order valence-corrected chi connectivity index (χ1v) is 6.92. The van der Waals surface area contributed by atoms with Crippen LogP contribution in [0, 0.1) is 0 Å². The van der Waals surface area contributed by atoms with Crippen LogP contribution < -0.4 is 10.6 Å². The first-order valence-electron chi connectivity index (χ1n) is 6.92. The molecule has 2 rings (SSSR count). The number of aromatic nitrogens is 2. The van der Waals surface area contributed by atoms with E-state index in [1.165, 1.54) is 7.05 Å². The molecule has 0 aliphatic heterocycles. The Morgan fingerprint density at radius 3 is 2.73 bits per heavy atom. The van der Waals surface area contributed by atoms with E-state index in [1.807, 2.05) is 35.0 Å². The highest BCUT2D eigenvalue weighted by Gasteiger charge is 2.26. The number of rotatable bonds is 5. The Balaban J connectivity index is 1.76. The van der Waals surface area contributed by atoms with Crippen LogP contribution >= 0.6 is 0 Å². The molecule has 8 heteroatoms. The van der Waals surface area contributed by atoms with Gasteiger partial charge >= 0.3 is 6.18 Å². The number of guanidine groups is 1. The second-order valence-corrected chi connectivity index (χ2v) is 4.74. The van der Waals surface area contributed by atoms with E-state index < -0.39 is 12.6 Å². The van der Waals surface area contributed by atoms with Gasteiger partial charge in [-0.2, -0.15) is 13.2 Å². The summed E-state index contributed by atoms with van der Waals surface area (Å²) in [5, 5.41) is 5.60. The van der Waals surface area contributed by atoms with Crippen LogP contribution in [0.4, 0.5) is 13.2 Å². The number of aliphatic imine (C=N–C) groups is 1. The molecule has 0 aliphatic rings. The van der Waals surface area contributed by atoms with Crippen molar-refractivity contribution in [3.8, 4) is 0 Å². The van der Waals surface area contributed by atoms with Crippen LogP contribution in [0.1, 0.15) is 12.1 Å². The highest BCUT2D eigenvalue weighted by Crippen LogP contribution is 2.17. The molecule has 22 heavy (non-hydrogen) atoms. The minimum Gasteiger partial charge on any atom is -0.356 e. The molecule has 0 spiro atoms. The van der Waals surface area contributed by atoms with Gasteiger partial charge in [0.1, 0.15) is 5.65 Å². The minimum atomic E-state index is -4.16. The van der Waals surface area contributed by atoms with Gasteiger partial charge in [0.25, 0.3) is 0 Å². The third-order valence-corrected chi connectivity index (χ3v) is 3.01. The first-order chi connectivity index (χ1) is 10.5. The van der Waals surface area contributed by atoms with Gasteiger partial charge in [-0.25, -0.2) is 4.98 Å². The van der Waals surface area contributed by atoms with E-state index in [0.29, 0.717) is 18.9 Å². The lowest BCUT2D eigenvalue weighted by Crippen LogP contribution is -2.39. The van der Waals surface area contributed by atoms with Crippen molar-refractivity contribution < 1.29 is 13.2 Å². The number of nitrogens with zero attached hydrogens (tertiary/aromatic N) is 3. The summed E-state index contributed by atoms with van der Waals surface area (Å²) in [5.74, 6) is 0.355. The maximum atomic E-state index is 12.1. The second-order valence-electron chi connectivity index (χ2n) is 4.74. The van der Waals surface area contributed by atoms with E-state index in [2.05, 4.69) is 20.6 Å². The second kappa shape index (κ2) is 7.15. The van der Waals surface area contributed by atoms with Gasteiger partial charge in [-0.05, 0) is 12.1 Å². The Morgan fingerprint density at radius 2 is 2.05 bits per heavy atom. The summed E-state index contributed by atoms with van der Waals surface area (Å²) < 4.78 is 38.1. The van der Waals surface area contributed by atoms with E-state index >= 15 is 0 Å². The number of halogens is 3. The van der Waals surface area contributed by atoms with Gasteiger partial charge in [0.05, 0.1) is 12.1 Å². The SMILES string of the molecule is CN=C(NCCc1cn2ccccc2n1)NCCC(F)(F)F. The summed E-state index contributed by atoms with van der Waals surface area (Å²) in [6.45, 7) is 0.340. The zero-order valence-corrected chi connectivity index (χ0v) is 12.2. The fraction of sp³-hybridized carbons (Fsp3) is 0.429. The molecule has 2 heterocycles. The molecule has 0 atom stereocenters. The van der Waals surface area contributed by atoms with Crippen molar-refractivity contribution in [2.45, 2.75) is 19.0 Å². The Labute approximate surface area is 126 Å². The number of alkyl halides is 3. The van der Waals surface area contributed by atoms with Crippen LogP contribution in [-0.4, -0.2) is 41.7 Å². The standard InChI is InChI=1S/C14H18F3N5/c1-18-13(20-8-6-14(15,16)17)19-7-5-11-10-22-9-3-2-4-12(22)21-11/h2-4,9-10H,5-8H2,1H3,(H2,18,19,20). The Kier molecular flexibility index (Phi) is 5.24. The molecule has 0 saturated carbocycles. The van der Waals surface area contributed by atoms with Gasteiger partial charge in [-0.15, -0.1) is 0 Å². The topological polar surface area (TPSA) is 53.7 Å². The molecule has 2 N–H and O–H groups in total. The molecule has 0 saturated heterocycles. The number of pyridine rings is 1. The van der Waals surface area contributed by atoms with E-state index in [4.69, 9.17) is 0 Å². The van der Waals surface area contributed by atoms with E-state index in [0.717, 1.165) is 11.3 Å². The molecule has 5 nitrogen and oxygen atoms in total. The predicted molar refractivity (Wildman–Crippen MR) is 78.9 cm³/mol. The first kappa shape index (κ1) is 16.1. The highest BCUT2D eigenvalue weighted by molar-refractivity contribution is 5.79. The maximum absolute atomic E-state index is 12.1. The van der Waals surface area contributed by atoms with Crippen molar-refractivity contribution in [3.63, 3.8) is 0 Å². The van der Waals surface area contributed by atoms with Crippen LogP contribution in [0.25, 0.3) is 5.65 Å². The molecule has 0 radical (unpaired) electrons. The smallest absolute Gasteiger partial charge is 0.356 e. The van der Waals surface area contributed by atoms with Crippen LogP contribution in [0.5, 0.6) is 0 Å². The lowest BCUT2D eigenvalue weighted by molar-refractivity contribution is -0.132. The summed E-state index contributed by atoms with van der Waals surface area (Å²) in [7, 11) is 1.52. The van der Waals surface area contributed by atoms with E-state index in [-0.39, 0.29) is 6.54 Å². The largest absolute Gasteiger partial charge is 0.390 e. The maximum Gasteiger partial charge on any atom is 0.390 e.